The Labute approximate surface area is 159 Å². The average Bonchev–Trinajstić information content (AvgIpc) is 2.55. The molecule has 0 radical (unpaired) electrons. The topological polar surface area (TPSA) is 119 Å². The summed E-state index contributed by atoms with van der Waals surface area (Å²) < 4.78 is 10.5. The van der Waals surface area contributed by atoms with Crippen LogP contribution in [0.2, 0.25) is 0 Å². The summed E-state index contributed by atoms with van der Waals surface area (Å²) in [6.07, 6.45) is -8.37. The summed E-state index contributed by atoms with van der Waals surface area (Å²) in [4.78, 5) is 10.9. The van der Waals surface area contributed by atoms with Crippen molar-refractivity contribution in [2.45, 2.75) is 30.7 Å². The Morgan fingerprint density at radius 2 is 1.67 bits per heavy atom. The van der Waals surface area contributed by atoms with Crippen molar-refractivity contribution < 1.29 is 64.3 Å². The fourth-order valence-corrected chi connectivity index (χ4v) is 2.51. The summed E-state index contributed by atoms with van der Waals surface area (Å²) in [6.45, 7) is 0. The zero-order chi connectivity index (χ0) is 16.6. The normalized spacial score (nSPS) is 29.7. The number of aliphatic carboxylic acids is 1. The molecule has 7 nitrogen and oxygen atoms in total. The summed E-state index contributed by atoms with van der Waals surface area (Å²) in [7, 11) is 0. The second kappa shape index (κ2) is 7.79. The third-order valence-corrected chi connectivity index (χ3v) is 3.78. The third kappa shape index (κ3) is 3.73. The Balaban J connectivity index is 0.00000208. The van der Waals surface area contributed by atoms with E-state index in [1.54, 1.807) is 18.2 Å². The molecule has 0 spiro atoms. The fourth-order valence-electron chi connectivity index (χ4n) is 2.51. The molecule has 0 amide bonds. The molecule has 1 fully saturated rings. The number of rotatable bonds is 3. The van der Waals surface area contributed by atoms with Crippen LogP contribution in [0.5, 0.6) is 5.75 Å². The molecule has 8 heteroatoms. The maximum absolute atomic E-state index is 10.9. The van der Waals surface area contributed by atoms with Gasteiger partial charge in [0.2, 0.25) is 6.29 Å². The molecular formula is C16H15NaO7. The number of hydrogen-bond acceptors (Lipinski definition) is 7. The number of carbonyl (C=O) groups excluding carboxylic acids is 1. The molecule has 0 saturated carbocycles. The molecule has 5 atom stereocenters. The van der Waals surface area contributed by atoms with Crippen molar-refractivity contribution in [3.63, 3.8) is 0 Å². The molecule has 1 aliphatic heterocycles. The molecule has 1 heterocycles. The van der Waals surface area contributed by atoms with Gasteiger partial charge in [0.15, 0.2) is 0 Å². The molecular weight excluding hydrogens is 327 g/mol. The van der Waals surface area contributed by atoms with Crippen molar-refractivity contribution >= 4 is 16.7 Å². The molecule has 3 rings (SSSR count). The van der Waals surface area contributed by atoms with E-state index in [0.717, 1.165) is 10.8 Å². The van der Waals surface area contributed by atoms with Gasteiger partial charge in [-0.3, -0.25) is 0 Å². The molecule has 122 valence electrons. The molecule has 1 saturated heterocycles. The number of aliphatic hydroxyl groups is 3. The maximum atomic E-state index is 10.9. The largest absolute Gasteiger partial charge is 1.00 e. The minimum absolute atomic E-state index is 0. The first kappa shape index (κ1) is 19.1. The maximum Gasteiger partial charge on any atom is 1.00 e. The first-order chi connectivity index (χ1) is 11.0. The van der Waals surface area contributed by atoms with Gasteiger partial charge in [-0.2, -0.15) is 0 Å². The molecule has 24 heavy (non-hydrogen) atoms. The number of carbonyl (C=O) groups is 1. The van der Waals surface area contributed by atoms with Gasteiger partial charge in [-0.1, -0.05) is 30.3 Å². The second-order valence-electron chi connectivity index (χ2n) is 5.34. The minimum atomic E-state index is -1.80. The van der Waals surface area contributed by atoms with E-state index in [4.69, 9.17) is 9.47 Å². The van der Waals surface area contributed by atoms with Crippen LogP contribution in [-0.2, 0) is 9.53 Å². The van der Waals surface area contributed by atoms with Gasteiger partial charge in [0.05, 0.1) is 5.97 Å². The number of ether oxygens (including phenoxy) is 2. The standard InChI is InChI=1S/C16H16O7.Na/c17-11-12(18)14(15(20)21)23-16(13(11)19)22-10-6-5-8-3-1-2-4-9(8)7-10;/h1-7,11-14,16-19H,(H,20,21);/q;+1/p-1. The first-order valence-electron chi connectivity index (χ1n) is 7.03. The summed E-state index contributed by atoms with van der Waals surface area (Å²) in [5.74, 6) is -1.37. The van der Waals surface area contributed by atoms with E-state index >= 15 is 0 Å². The van der Waals surface area contributed by atoms with Gasteiger partial charge < -0.3 is 34.7 Å². The molecule has 1 aliphatic rings. The Morgan fingerprint density at radius 1 is 1.00 bits per heavy atom. The minimum Gasteiger partial charge on any atom is -0.547 e. The number of carboxylic acid groups (broad SMARTS) is 1. The van der Waals surface area contributed by atoms with Gasteiger partial charge in [0, 0.05) is 0 Å². The SMILES string of the molecule is O=C([O-])C1OC(Oc2ccc3ccccc3c2)C(O)C(O)C1O.[Na+]. The van der Waals surface area contributed by atoms with E-state index in [2.05, 4.69) is 0 Å². The molecule has 2 aromatic rings. The van der Waals surface area contributed by atoms with Crippen LogP contribution in [0.25, 0.3) is 10.8 Å². The molecule has 0 bridgehead atoms. The molecule has 0 aliphatic carbocycles. The van der Waals surface area contributed by atoms with Crippen LogP contribution < -0.4 is 39.4 Å². The van der Waals surface area contributed by atoms with Gasteiger partial charge in [0.25, 0.3) is 0 Å². The number of aliphatic hydroxyl groups excluding tert-OH is 3. The van der Waals surface area contributed by atoms with Gasteiger partial charge in [0.1, 0.15) is 30.2 Å². The Kier molecular flexibility index (Phi) is 6.22. The van der Waals surface area contributed by atoms with Crippen LogP contribution in [0.1, 0.15) is 0 Å². The summed E-state index contributed by atoms with van der Waals surface area (Å²) in [5.41, 5.74) is 0. The quantitative estimate of drug-likeness (QED) is 0.484. The van der Waals surface area contributed by atoms with Crippen molar-refractivity contribution in [2.75, 3.05) is 0 Å². The van der Waals surface area contributed by atoms with Crippen molar-refractivity contribution in [3.05, 3.63) is 42.5 Å². The fraction of sp³-hybridized carbons (Fsp3) is 0.312. The van der Waals surface area contributed by atoms with Gasteiger partial charge in [-0.05, 0) is 22.9 Å². The zero-order valence-electron chi connectivity index (χ0n) is 12.9. The molecule has 3 N–H and O–H groups in total. The Morgan fingerprint density at radius 3 is 2.33 bits per heavy atom. The van der Waals surface area contributed by atoms with E-state index in [-0.39, 0.29) is 29.6 Å². The predicted octanol–water partition coefficient (Wildman–Crippen LogP) is -4.22. The number of fused-ring (bicyclic) bond motifs is 1. The molecule has 5 unspecified atom stereocenters. The third-order valence-electron chi connectivity index (χ3n) is 3.78. The smallest absolute Gasteiger partial charge is 0.547 e. The van der Waals surface area contributed by atoms with Crippen LogP contribution >= 0.6 is 0 Å². The predicted molar refractivity (Wildman–Crippen MR) is 76.3 cm³/mol. The number of hydrogen-bond donors (Lipinski definition) is 3. The zero-order valence-corrected chi connectivity index (χ0v) is 14.9. The molecule has 2 aromatic carbocycles. The van der Waals surface area contributed by atoms with Crippen molar-refractivity contribution in [1.82, 2.24) is 0 Å². The van der Waals surface area contributed by atoms with Crippen molar-refractivity contribution in [3.8, 4) is 5.75 Å². The van der Waals surface area contributed by atoms with Crippen LogP contribution in [0, 0.1) is 0 Å². The Hall–Kier alpha value is -1.19. The van der Waals surface area contributed by atoms with E-state index in [0.29, 0.717) is 5.75 Å². The summed E-state index contributed by atoms with van der Waals surface area (Å²) in [5, 5.41) is 42.0. The number of benzene rings is 2. The van der Waals surface area contributed by atoms with E-state index in [1.807, 2.05) is 24.3 Å². The number of carboxylic acids is 1. The van der Waals surface area contributed by atoms with Crippen LogP contribution in [-0.4, -0.2) is 52.0 Å². The monoisotopic (exact) mass is 342 g/mol. The first-order valence-corrected chi connectivity index (χ1v) is 7.03. The van der Waals surface area contributed by atoms with Crippen LogP contribution in [0.15, 0.2) is 42.5 Å². The summed E-state index contributed by atoms with van der Waals surface area (Å²) in [6, 6.07) is 12.6. The van der Waals surface area contributed by atoms with Gasteiger partial charge >= 0.3 is 29.6 Å². The van der Waals surface area contributed by atoms with E-state index in [9.17, 15) is 25.2 Å². The second-order valence-corrected chi connectivity index (χ2v) is 5.34. The molecule has 0 aromatic heterocycles. The van der Waals surface area contributed by atoms with Gasteiger partial charge in [-0.25, -0.2) is 0 Å². The average molecular weight is 342 g/mol. The van der Waals surface area contributed by atoms with E-state index in [1.165, 1.54) is 0 Å². The van der Waals surface area contributed by atoms with Crippen LogP contribution in [0.3, 0.4) is 0 Å². The van der Waals surface area contributed by atoms with Crippen molar-refractivity contribution in [2.24, 2.45) is 0 Å². The summed E-state index contributed by atoms with van der Waals surface area (Å²) >= 11 is 0. The van der Waals surface area contributed by atoms with Crippen LogP contribution in [0.4, 0.5) is 0 Å². The van der Waals surface area contributed by atoms with Crippen molar-refractivity contribution in [1.29, 1.82) is 0 Å². The Bertz CT molecular complexity index is 722. The van der Waals surface area contributed by atoms with E-state index < -0.39 is 36.7 Å². The van der Waals surface area contributed by atoms with Gasteiger partial charge in [-0.15, -0.1) is 0 Å².